The molecule has 2 N–H and O–H groups in total. The number of benzene rings is 2. The van der Waals surface area contributed by atoms with E-state index in [1.807, 2.05) is 31.2 Å². The van der Waals surface area contributed by atoms with Crippen LogP contribution in [0.1, 0.15) is 62.5 Å². The molecule has 1 fully saturated rings. The van der Waals surface area contributed by atoms with Gasteiger partial charge in [0, 0.05) is 31.0 Å². The van der Waals surface area contributed by atoms with Crippen molar-refractivity contribution in [2.75, 3.05) is 19.7 Å². The summed E-state index contributed by atoms with van der Waals surface area (Å²) in [5, 5.41) is 12.0. The second-order valence-corrected chi connectivity index (χ2v) is 9.50. The summed E-state index contributed by atoms with van der Waals surface area (Å²) in [7, 11) is 0. The Labute approximate surface area is 206 Å². The van der Waals surface area contributed by atoms with Crippen LogP contribution in [0.5, 0.6) is 0 Å². The van der Waals surface area contributed by atoms with Crippen molar-refractivity contribution in [2.45, 2.75) is 57.4 Å². The third kappa shape index (κ3) is 5.84. The van der Waals surface area contributed by atoms with Gasteiger partial charge in [-0.05, 0) is 47.9 Å². The van der Waals surface area contributed by atoms with E-state index in [9.17, 15) is 14.4 Å². The van der Waals surface area contributed by atoms with Gasteiger partial charge in [0.25, 0.3) is 0 Å². The highest BCUT2D eigenvalue weighted by molar-refractivity contribution is 5.80. The highest BCUT2D eigenvalue weighted by atomic mass is 16.5. The van der Waals surface area contributed by atoms with Crippen molar-refractivity contribution in [3.05, 3.63) is 59.7 Å². The van der Waals surface area contributed by atoms with Gasteiger partial charge in [-0.3, -0.25) is 9.59 Å². The summed E-state index contributed by atoms with van der Waals surface area (Å²) >= 11 is 0. The number of alkyl carbamates (subject to hydrolysis) is 1. The van der Waals surface area contributed by atoms with Crippen molar-refractivity contribution in [1.82, 2.24) is 10.2 Å². The molecule has 7 nitrogen and oxygen atoms in total. The maximum atomic E-state index is 13.1. The number of hydrogen-bond donors (Lipinski definition) is 2. The zero-order valence-electron chi connectivity index (χ0n) is 20.2. The zero-order chi connectivity index (χ0) is 24.8. The number of nitrogens with one attached hydrogen (secondary N) is 1. The summed E-state index contributed by atoms with van der Waals surface area (Å²) in [6.07, 6.45) is 3.21. The number of aliphatic carboxylic acids is 1. The highest BCUT2D eigenvalue weighted by Gasteiger charge is 2.32. The van der Waals surface area contributed by atoms with Crippen LogP contribution in [0, 0.1) is 5.92 Å². The van der Waals surface area contributed by atoms with Gasteiger partial charge in [-0.25, -0.2) is 4.79 Å². The molecule has 2 amide bonds. The van der Waals surface area contributed by atoms with Crippen molar-refractivity contribution >= 4 is 18.0 Å². The lowest BCUT2D eigenvalue weighted by Crippen LogP contribution is -2.44. The van der Waals surface area contributed by atoms with E-state index >= 15 is 0 Å². The number of amides is 2. The molecule has 2 aromatic carbocycles. The Morgan fingerprint density at radius 2 is 1.66 bits per heavy atom. The van der Waals surface area contributed by atoms with E-state index in [4.69, 9.17) is 9.84 Å². The number of rotatable bonds is 9. The third-order valence-electron chi connectivity index (χ3n) is 7.09. The fourth-order valence-corrected chi connectivity index (χ4v) is 5.44. The number of carbonyl (C=O) groups excluding carboxylic acids is 2. The van der Waals surface area contributed by atoms with Crippen LogP contribution in [0.3, 0.4) is 0 Å². The maximum absolute atomic E-state index is 13.1. The van der Waals surface area contributed by atoms with Gasteiger partial charge in [0.05, 0.1) is 6.42 Å². The third-order valence-corrected chi connectivity index (χ3v) is 7.09. The minimum Gasteiger partial charge on any atom is -0.481 e. The van der Waals surface area contributed by atoms with Gasteiger partial charge in [-0.15, -0.1) is 0 Å². The van der Waals surface area contributed by atoms with E-state index in [0.29, 0.717) is 13.0 Å². The molecule has 2 atom stereocenters. The molecule has 0 aliphatic heterocycles. The predicted molar refractivity (Wildman–Crippen MR) is 133 cm³/mol. The van der Waals surface area contributed by atoms with Gasteiger partial charge in [0.1, 0.15) is 6.61 Å². The first-order valence-corrected chi connectivity index (χ1v) is 12.6. The summed E-state index contributed by atoms with van der Waals surface area (Å²) in [6.45, 7) is 3.01. The number of hydrogen-bond acceptors (Lipinski definition) is 4. The second kappa shape index (κ2) is 11.4. The van der Waals surface area contributed by atoms with Gasteiger partial charge in [0.15, 0.2) is 0 Å². The molecule has 0 spiro atoms. The lowest BCUT2D eigenvalue weighted by atomic mass is 9.84. The number of carboxylic acid groups (broad SMARTS) is 1. The summed E-state index contributed by atoms with van der Waals surface area (Å²) in [5.41, 5.74) is 4.71. The van der Waals surface area contributed by atoms with Gasteiger partial charge >= 0.3 is 12.1 Å². The molecule has 35 heavy (non-hydrogen) atoms. The van der Waals surface area contributed by atoms with Crippen LogP contribution < -0.4 is 5.32 Å². The standard InChI is InChI=1S/C28H34N2O5/c1-2-15-30(16-14-26(31)32)27(33)19-8-7-9-20(17-19)29-28(34)35-18-25-23-12-5-3-10-21(23)22-11-4-6-13-24(22)25/h3-6,10-13,19-20,25H,2,7-9,14-18H2,1H3,(H,29,34)(H,31,32)/t19-,20-/m1/s1. The average Bonchev–Trinajstić information content (AvgIpc) is 3.18. The molecule has 0 saturated heterocycles. The highest BCUT2D eigenvalue weighted by Crippen LogP contribution is 2.44. The molecule has 2 aliphatic rings. The smallest absolute Gasteiger partial charge is 0.407 e. The van der Waals surface area contributed by atoms with E-state index in [1.54, 1.807) is 4.90 Å². The second-order valence-electron chi connectivity index (χ2n) is 9.50. The first-order chi connectivity index (χ1) is 17.0. The Hall–Kier alpha value is -3.35. The topological polar surface area (TPSA) is 95.9 Å². The number of fused-ring (bicyclic) bond motifs is 3. The summed E-state index contributed by atoms with van der Waals surface area (Å²) in [4.78, 5) is 38.4. The Kier molecular flexibility index (Phi) is 8.06. The van der Waals surface area contributed by atoms with E-state index in [2.05, 4.69) is 29.6 Å². The molecule has 0 radical (unpaired) electrons. The van der Waals surface area contributed by atoms with Gasteiger partial charge in [-0.1, -0.05) is 61.9 Å². The first-order valence-electron chi connectivity index (χ1n) is 12.6. The van der Waals surface area contributed by atoms with Crippen LogP contribution in [0.4, 0.5) is 4.79 Å². The summed E-state index contributed by atoms with van der Waals surface area (Å²) in [6, 6.07) is 16.3. The Bertz CT molecular complexity index is 1020. The number of carbonyl (C=O) groups is 3. The lowest BCUT2D eigenvalue weighted by Gasteiger charge is -2.32. The van der Waals surface area contributed by atoms with E-state index in [1.165, 1.54) is 22.3 Å². The molecule has 0 heterocycles. The Morgan fingerprint density at radius 3 is 2.29 bits per heavy atom. The molecule has 0 unspecified atom stereocenters. The molecule has 2 aliphatic carbocycles. The Morgan fingerprint density at radius 1 is 1.00 bits per heavy atom. The molecule has 1 saturated carbocycles. The predicted octanol–water partition coefficient (Wildman–Crippen LogP) is 4.80. The van der Waals surface area contributed by atoms with Gasteiger partial charge < -0.3 is 20.1 Å². The van der Waals surface area contributed by atoms with Crippen LogP contribution in [0.25, 0.3) is 11.1 Å². The van der Waals surface area contributed by atoms with Gasteiger partial charge in [-0.2, -0.15) is 0 Å². The fraction of sp³-hybridized carbons (Fsp3) is 0.464. The molecule has 4 rings (SSSR count). The minimum absolute atomic E-state index is 0.00525. The monoisotopic (exact) mass is 478 g/mol. The van der Waals surface area contributed by atoms with Crippen molar-refractivity contribution in [3.63, 3.8) is 0 Å². The van der Waals surface area contributed by atoms with Crippen LogP contribution in [-0.2, 0) is 14.3 Å². The molecule has 0 bridgehead atoms. The molecule has 7 heteroatoms. The van der Waals surface area contributed by atoms with Crippen molar-refractivity contribution in [1.29, 1.82) is 0 Å². The van der Waals surface area contributed by atoms with E-state index in [0.717, 1.165) is 25.7 Å². The van der Waals surface area contributed by atoms with Crippen LogP contribution in [-0.4, -0.2) is 53.7 Å². The summed E-state index contributed by atoms with van der Waals surface area (Å²) in [5.74, 6) is -1.11. The summed E-state index contributed by atoms with van der Waals surface area (Å²) < 4.78 is 5.68. The molecule has 186 valence electrons. The largest absolute Gasteiger partial charge is 0.481 e. The molecular weight excluding hydrogens is 444 g/mol. The van der Waals surface area contributed by atoms with Crippen LogP contribution >= 0.6 is 0 Å². The average molecular weight is 479 g/mol. The SMILES string of the molecule is CCCN(CCC(=O)O)C(=O)[C@@H]1CCC[C@@H](NC(=O)OCC2c3ccccc3-c3ccccc32)C1. The van der Waals surface area contributed by atoms with Crippen molar-refractivity contribution < 1.29 is 24.2 Å². The molecule has 2 aromatic rings. The maximum Gasteiger partial charge on any atom is 0.407 e. The van der Waals surface area contributed by atoms with Crippen molar-refractivity contribution in [3.8, 4) is 11.1 Å². The zero-order valence-corrected chi connectivity index (χ0v) is 20.2. The quantitative estimate of drug-likeness (QED) is 0.540. The Balaban J connectivity index is 1.32. The number of ether oxygens (including phenoxy) is 1. The van der Waals surface area contributed by atoms with Crippen molar-refractivity contribution in [2.24, 2.45) is 5.92 Å². The van der Waals surface area contributed by atoms with Crippen LogP contribution in [0.15, 0.2) is 48.5 Å². The van der Waals surface area contributed by atoms with E-state index in [-0.39, 0.29) is 43.4 Å². The number of nitrogens with zero attached hydrogens (tertiary/aromatic N) is 1. The first kappa shape index (κ1) is 24.8. The van der Waals surface area contributed by atoms with E-state index < -0.39 is 12.1 Å². The number of carboxylic acids is 1. The lowest BCUT2D eigenvalue weighted by molar-refractivity contribution is -0.140. The van der Waals surface area contributed by atoms with Gasteiger partial charge in [0.2, 0.25) is 5.91 Å². The minimum atomic E-state index is -0.905. The molecular formula is C28H34N2O5. The normalized spacial score (nSPS) is 18.9. The van der Waals surface area contributed by atoms with Crippen LogP contribution in [0.2, 0.25) is 0 Å². The fourth-order valence-electron chi connectivity index (χ4n) is 5.44. The molecule has 0 aromatic heterocycles.